The summed E-state index contributed by atoms with van der Waals surface area (Å²) in [4.78, 5) is 40.5. The number of amides is 1. The van der Waals surface area contributed by atoms with Crippen LogP contribution in [0.3, 0.4) is 0 Å². The van der Waals surface area contributed by atoms with E-state index < -0.39 is 23.0 Å². The lowest BCUT2D eigenvalue weighted by atomic mass is 9.83. The van der Waals surface area contributed by atoms with Crippen molar-refractivity contribution in [1.29, 1.82) is 0 Å². The number of halogens is 2. The molecule has 1 aromatic heterocycles. The minimum atomic E-state index is -0.866. The maximum absolute atomic E-state index is 13.8. The summed E-state index contributed by atoms with van der Waals surface area (Å²) in [6.45, 7) is 9.12. The van der Waals surface area contributed by atoms with Gasteiger partial charge in [-0.15, -0.1) is 0 Å². The minimum Gasteiger partial charge on any atom is -0.451 e. The molecule has 1 fully saturated rings. The van der Waals surface area contributed by atoms with E-state index in [9.17, 15) is 18.8 Å². The molecule has 2 aromatic carbocycles. The zero-order valence-corrected chi connectivity index (χ0v) is 25.8. The van der Waals surface area contributed by atoms with Crippen LogP contribution in [-0.2, 0) is 26.4 Å². The van der Waals surface area contributed by atoms with E-state index >= 15 is 0 Å². The number of ketones is 1. The number of carbonyl (C=O) groups excluding carboxylic acids is 3. The van der Waals surface area contributed by atoms with E-state index in [0.29, 0.717) is 61.7 Å². The van der Waals surface area contributed by atoms with Crippen LogP contribution in [0, 0.1) is 5.82 Å². The average molecular weight is 613 g/mol. The Morgan fingerprint density at radius 1 is 1.16 bits per heavy atom. The molecule has 1 amide bonds. The monoisotopic (exact) mass is 612 g/mol. The highest BCUT2D eigenvalue weighted by molar-refractivity contribution is 6.31. The number of carbonyl (C=O) groups is 3. The fourth-order valence-corrected chi connectivity index (χ4v) is 6.29. The molecule has 0 radical (unpaired) electrons. The number of hydrogen-bond donors (Lipinski definition) is 0. The molecule has 8 nitrogen and oxygen atoms in total. The number of hydrogen-bond acceptors (Lipinski definition) is 6. The van der Waals surface area contributed by atoms with Crippen molar-refractivity contribution in [2.75, 3.05) is 19.7 Å². The summed E-state index contributed by atoms with van der Waals surface area (Å²) in [6, 6.07) is 9.63. The maximum atomic E-state index is 13.8. The summed E-state index contributed by atoms with van der Waals surface area (Å²) in [5.74, 6) is -1.04. The van der Waals surface area contributed by atoms with E-state index in [0.717, 1.165) is 17.3 Å². The molecule has 2 aliphatic heterocycles. The molecule has 3 aromatic rings. The van der Waals surface area contributed by atoms with Gasteiger partial charge in [0.25, 0.3) is 0 Å². The fraction of sp³-hybridized carbons (Fsp3) is 0.485. The van der Waals surface area contributed by atoms with Crippen molar-refractivity contribution in [3.05, 3.63) is 70.1 Å². The predicted molar refractivity (Wildman–Crippen MR) is 161 cm³/mol. The van der Waals surface area contributed by atoms with Gasteiger partial charge in [0.15, 0.2) is 5.78 Å². The molecule has 2 unspecified atom stereocenters. The highest BCUT2D eigenvalue weighted by atomic mass is 35.5. The number of nitrogens with zero attached hydrogens (tertiary/aromatic N) is 2. The molecule has 0 saturated carbocycles. The Morgan fingerprint density at radius 2 is 1.95 bits per heavy atom. The first-order valence-electron chi connectivity index (χ1n) is 14.8. The molecule has 1 saturated heterocycles. The van der Waals surface area contributed by atoms with Gasteiger partial charge in [0, 0.05) is 40.7 Å². The van der Waals surface area contributed by atoms with Crippen molar-refractivity contribution in [2.24, 2.45) is 0 Å². The number of morpholine rings is 1. The van der Waals surface area contributed by atoms with Gasteiger partial charge in [0.1, 0.15) is 17.0 Å². The second-order valence-electron chi connectivity index (χ2n) is 12.4. The van der Waals surface area contributed by atoms with Crippen LogP contribution in [-0.4, -0.2) is 58.7 Å². The van der Waals surface area contributed by atoms with Crippen LogP contribution < -0.4 is 0 Å². The van der Waals surface area contributed by atoms with Crippen LogP contribution in [0.25, 0.3) is 10.9 Å². The average Bonchev–Trinajstić information content (AvgIpc) is 3.42. The van der Waals surface area contributed by atoms with Gasteiger partial charge < -0.3 is 23.7 Å². The van der Waals surface area contributed by atoms with Crippen LogP contribution >= 0.6 is 11.6 Å². The number of benzene rings is 2. The molecule has 2 aliphatic rings. The van der Waals surface area contributed by atoms with E-state index in [2.05, 4.69) is 0 Å². The van der Waals surface area contributed by atoms with Crippen molar-refractivity contribution >= 4 is 40.3 Å². The molecular weight excluding hydrogens is 575 g/mol. The highest BCUT2D eigenvalue weighted by Gasteiger charge is 2.44. The molecular formula is C33H38ClFN2O6. The van der Waals surface area contributed by atoms with Gasteiger partial charge in [0.2, 0.25) is 0 Å². The van der Waals surface area contributed by atoms with E-state index in [1.807, 2.05) is 50.6 Å². The zero-order chi connectivity index (χ0) is 30.9. The Morgan fingerprint density at radius 3 is 2.70 bits per heavy atom. The second kappa shape index (κ2) is 12.3. The summed E-state index contributed by atoms with van der Waals surface area (Å²) >= 11 is 6.35. The molecule has 0 N–H and O–H groups in total. The Kier molecular flexibility index (Phi) is 8.86. The van der Waals surface area contributed by atoms with Crippen LogP contribution in [0.15, 0.2) is 42.6 Å². The van der Waals surface area contributed by atoms with Gasteiger partial charge in [-0.25, -0.2) is 14.0 Å². The largest absolute Gasteiger partial charge is 0.451 e. The minimum absolute atomic E-state index is 0.0404. The van der Waals surface area contributed by atoms with Gasteiger partial charge in [-0.2, -0.15) is 0 Å². The third-order valence-corrected chi connectivity index (χ3v) is 8.19. The summed E-state index contributed by atoms with van der Waals surface area (Å²) < 4.78 is 33.2. The molecule has 43 heavy (non-hydrogen) atoms. The Labute approximate surface area is 256 Å². The van der Waals surface area contributed by atoms with Gasteiger partial charge in [-0.3, -0.25) is 4.79 Å². The standard InChI is InChI=1S/C33H38ClFN2O6/c1-5-12-33(27-11-9-22(35)17-25(27)30(39)42-33)13-6-7-29(38)26-20-37(28-16-21(34)8-10-24(26)28)19-23-18-36(14-15-41-23)31(40)43-32(2,3)4/h8-11,16-17,20,23H,5-7,12-15,18-19H2,1-4H3. The Bertz CT molecular complexity index is 1550. The quantitative estimate of drug-likeness (QED) is 0.186. The smallest absolute Gasteiger partial charge is 0.410 e. The number of cyclic esters (lactones) is 1. The summed E-state index contributed by atoms with van der Waals surface area (Å²) in [5.41, 5.74) is 0.862. The summed E-state index contributed by atoms with van der Waals surface area (Å²) in [5, 5.41) is 1.33. The Balaban J connectivity index is 1.31. The highest BCUT2D eigenvalue weighted by Crippen LogP contribution is 2.44. The van der Waals surface area contributed by atoms with Crippen molar-refractivity contribution in [2.45, 2.75) is 83.6 Å². The lowest BCUT2D eigenvalue weighted by molar-refractivity contribution is -0.0469. The molecule has 230 valence electrons. The predicted octanol–water partition coefficient (Wildman–Crippen LogP) is 7.29. The molecule has 10 heteroatoms. The third-order valence-electron chi connectivity index (χ3n) is 7.95. The molecule has 5 rings (SSSR count). The first-order chi connectivity index (χ1) is 20.4. The third kappa shape index (κ3) is 6.73. The topological polar surface area (TPSA) is 87.1 Å². The number of esters is 1. The first kappa shape index (κ1) is 31.0. The van der Waals surface area contributed by atoms with Gasteiger partial charge in [0.05, 0.1) is 36.9 Å². The number of ether oxygens (including phenoxy) is 3. The number of aromatic nitrogens is 1. The van der Waals surface area contributed by atoms with Crippen molar-refractivity contribution in [3.8, 4) is 0 Å². The van der Waals surface area contributed by atoms with Crippen molar-refractivity contribution in [3.63, 3.8) is 0 Å². The Hall–Kier alpha value is -3.43. The lowest BCUT2D eigenvalue weighted by Gasteiger charge is -2.34. The number of Topliss-reactive ketones (excluding diaryl/α,β-unsaturated/α-hetero) is 1. The molecule has 3 heterocycles. The SMILES string of the molecule is CCCC1(CCCC(=O)c2cn(CC3CN(C(=O)OC(C)(C)C)CCO3)c3cc(Cl)ccc23)OC(=O)c2cc(F)ccc21. The summed E-state index contributed by atoms with van der Waals surface area (Å²) in [7, 11) is 0. The fourth-order valence-electron chi connectivity index (χ4n) is 6.12. The number of rotatable bonds is 9. The van der Waals surface area contributed by atoms with Crippen LogP contribution in [0.1, 0.15) is 86.1 Å². The van der Waals surface area contributed by atoms with Crippen LogP contribution in [0.2, 0.25) is 5.02 Å². The molecule has 0 aliphatic carbocycles. The molecule has 0 spiro atoms. The molecule has 2 atom stereocenters. The van der Waals surface area contributed by atoms with Crippen molar-refractivity contribution in [1.82, 2.24) is 9.47 Å². The summed E-state index contributed by atoms with van der Waals surface area (Å²) in [6.07, 6.45) is 3.69. The van der Waals surface area contributed by atoms with Gasteiger partial charge in [-0.1, -0.05) is 37.1 Å². The van der Waals surface area contributed by atoms with Crippen LogP contribution in [0.5, 0.6) is 0 Å². The van der Waals surface area contributed by atoms with Gasteiger partial charge >= 0.3 is 12.1 Å². The van der Waals surface area contributed by atoms with E-state index in [-0.39, 0.29) is 30.0 Å². The van der Waals surface area contributed by atoms with Crippen molar-refractivity contribution < 1.29 is 33.0 Å². The van der Waals surface area contributed by atoms with E-state index in [1.54, 1.807) is 17.0 Å². The molecule has 0 bridgehead atoms. The van der Waals surface area contributed by atoms with Crippen LogP contribution in [0.4, 0.5) is 9.18 Å². The maximum Gasteiger partial charge on any atom is 0.410 e. The lowest BCUT2D eigenvalue weighted by Crippen LogP contribution is -2.48. The van der Waals surface area contributed by atoms with Gasteiger partial charge in [-0.05, 0) is 64.3 Å². The number of fused-ring (bicyclic) bond motifs is 2. The normalized spacial score (nSPS) is 20.3. The van der Waals surface area contributed by atoms with E-state index in [1.165, 1.54) is 12.1 Å². The first-order valence-corrected chi connectivity index (χ1v) is 15.2. The second-order valence-corrected chi connectivity index (χ2v) is 12.8. The van der Waals surface area contributed by atoms with E-state index in [4.69, 9.17) is 25.8 Å². The zero-order valence-electron chi connectivity index (χ0n) is 25.1.